The third-order valence-electron chi connectivity index (χ3n) is 2.94. The molecule has 1 heterocycles. The monoisotopic (exact) mass is 262 g/mol. The number of aromatic nitrogens is 1. The zero-order chi connectivity index (χ0) is 14.0. The van der Waals surface area contributed by atoms with Crippen molar-refractivity contribution in [3.8, 4) is 0 Å². The maximum Gasteiger partial charge on any atom is 0.405 e. The van der Waals surface area contributed by atoms with E-state index >= 15 is 0 Å². The van der Waals surface area contributed by atoms with Crippen LogP contribution in [0.4, 0.5) is 4.79 Å². The first-order valence-electron chi connectivity index (χ1n) is 5.76. The lowest BCUT2D eigenvalue weighted by atomic mass is 10.0. The molecule has 1 aromatic carbocycles. The highest BCUT2D eigenvalue weighted by molar-refractivity contribution is 5.85. The molecule has 0 unspecified atom stereocenters. The summed E-state index contributed by atoms with van der Waals surface area (Å²) in [6.45, 7) is 1.94. The number of hydrogen-bond donors (Lipinski definition) is 4. The van der Waals surface area contributed by atoms with Gasteiger partial charge in [-0.15, -0.1) is 0 Å². The molecule has 1 aromatic heterocycles. The maximum atomic E-state index is 11.0. The summed E-state index contributed by atoms with van der Waals surface area (Å²) in [4.78, 5) is 24.7. The van der Waals surface area contributed by atoms with Crippen molar-refractivity contribution < 1.29 is 19.8 Å². The number of rotatable bonds is 4. The topological polar surface area (TPSA) is 102 Å². The number of carboxylic acid groups (broad SMARTS) is 2. The van der Waals surface area contributed by atoms with Gasteiger partial charge in [0, 0.05) is 23.5 Å². The standard InChI is InChI=1S/C13H14N2O4/c1-7-2-3-10-9(4-7)8(6-14-10)5-11(12(16)17)15-13(18)19/h2-4,6,11,14-15H,5H2,1H3,(H,16,17)(H,18,19)/t11-/m0/s1. The number of H-pyrrole nitrogens is 1. The van der Waals surface area contributed by atoms with Crippen LogP contribution in [0.2, 0.25) is 0 Å². The highest BCUT2D eigenvalue weighted by Crippen LogP contribution is 2.21. The fourth-order valence-corrected chi connectivity index (χ4v) is 2.03. The second kappa shape index (κ2) is 5.01. The van der Waals surface area contributed by atoms with Crippen LogP contribution in [0.15, 0.2) is 24.4 Å². The number of carboxylic acids is 1. The predicted octanol–water partition coefficient (Wildman–Crippen LogP) is 1.74. The number of nitrogens with one attached hydrogen (secondary N) is 2. The van der Waals surface area contributed by atoms with Crippen LogP contribution in [0.1, 0.15) is 11.1 Å². The summed E-state index contributed by atoms with van der Waals surface area (Å²) < 4.78 is 0. The van der Waals surface area contributed by atoms with Gasteiger partial charge in [0.1, 0.15) is 6.04 Å². The van der Waals surface area contributed by atoms with Gasteiger partial charge in [-0.3, -0.25) is 0 Å². The summed E-state index contributed by atoms with van der Waals surface area (Å²) in [5.74, 6) is -1.19. The Bertz CT molecular complexity index is 633. The lowest BCUT2D eigenvalue weighted by Crippen LogP contribution is -2.41. The number of hydrogen-bond acceptors (Lipinski definition) is 2. The van der Waals surface area contributed by atoms with Crippen molar-refractivity contribution in [3.05, 3.63) is 35.5 Å². The molecule has 0 aliphatic carbocycles. The second-order valence-corrected chi connectivity index (χ2v) is 4.41. The first-order chi connectivity index (χ1) is 8.97. The molecule has 2 rings (SSSR count). The van der Waals surface area contributed by atoms with E-state index in [-0.39, 0.29) is 6.42 Å². The molecule has 1 atom stereocenters. The van der Waals surface area contributed by atoms with Gasteiger partial charge in [-0.05, 0) is 24.6 Å². The molecule has 4 N–H and O–H groups in total. The Morgan fingerprint density at radius 1 is 1.37 bits per heavy atom. The van der Waals surface area contributed by atoms with E-state index in [1.165, 1.54) is 0 Å². The lowest BCUT2D eigenvalue weighted by Gasteiger charge is -2.11. The van der Waals surface area contributed by atoms with E-state index in [0.717, 1.165) is 22.0 Å². The highest BCUT2D eigenvalue weighted by atomic mass is 16.4. The zero-order valence-electron chi connectivity index (χ0n) is 10.3. The van der Waals surface area contributed by atoms with Crippen LogP contribution >= 0.6 is 0 Å². The molecule has 1 amide bonds. The highest BCUT2D eigenvalue weighted by Gasteiger charge is 2.21. The summed E-state index contributed by atoms with van der Waals surface area (Å²) in [7, 11) is 0. The van der Waals surface area contributed by atoms with Gasteiger partial charge in [0.15, 0.2) is 0 Å². The number of aromatic amines is 1. The average Bonchev–Trinajstić information content (AvgIpc) is 2.70. The quantitative estimate of drug-likeness (QED) is 0.673. The summed E-state index contributed by atoms with van der Waals surface area (Å²) in [6, 6.07) is 4.65. The minimum absolute atomic E-state index is 0.102. The fraction of sp³-hybridized carbons (Fsp3) is 0.231. The largest absolute Gasteiger partial charge is 0.480 e. The van der Waals surface area contributed by atoms with Gasteiger partial charge in [-0.2, -0.15) is 0 Å². The van der Waals surface area contributed by atoms with Crippen LogP contribution in [0.25, 0.3) is 10.9 Å². The molecule has 0 aliphatic rings. The van der Waals surface area contributed by atoms with Crippen LogP contribution < -0.4 is 5.32 Å². The first kappa shape index (κ1) is 12.9. The third-order valence-corrected chi connectivity index (χ3v) is 2.94. The van der Waals surface area contributed by atoms with Gasteiger partial charge in [-0.25, -0.2) is 9.59 Å². The fourth-order valence-electron chi connectivity index (χ4n) is 2.03. The van der Waals surface area contributed by atoms with Gasteiger partial charge < -0.3 is 20.5 Å². The van der Waals surface area contributed by atoms with Crippen molar-refractivity contribution in [1.29, 1.82) is 0 Å². The van der Waals surface area contributed by atoms with E-state index in [1.54, 1.807) is 6.20 Å². The number of amides is 1. The van der Waals surface area contributed by atoms with Crippen molar-refractivity contribution in [2.24, 2.45) is 0 Å². The molecule has 2 aromatic rings. The Morgan fingerprint density at radius 2 is 2.11 bits per heavy atom. The summed E-state index contributed by atoms with van der Waals surface area (Å²) in [5.41, 5.74) is 2.74. The SMILES string of the molecule is Cc1ccc2[nH]cc(C[C@H](NC(=O)O)C(=O)O)c2c1. The first-order valence-corrected chi connectivity index (χ1v) is 5.76. The van der Waals surface area contributed by atoms with Crippen LogP contribution in [0.3, 0.4) is 0 Å². The van der Waals surface area contributed by atoms with E-state index in [0.29, 0.717) is 0 Å². The minimum atomic E-state index is -1.34. The Morgan fingerprint density at radius 3 is 2.74 bits per heavy atom. The van der Waals surface area contributed by atoms with Gasteiger partial charge in [-0.1, -0.05) is 11.6 Å². The van der Waals surface area contributed by atoms with Gasteiger partial charge in [0.2, 0.25) is 0 Å². The minimum Gasteiger partial charge on any atom is -0.480 e. The van der Waals surface area contributed by atoms with Gasteiger partial charge in [0.25, 0.3) is 0 Å². The molecule has 0 fully saturated rings. The maximum absolute atomic E-state index is 11.0. The summed E-state index contributed by atoms with van der Waals surface area (Å²) in [6.07, 6.45) is 0.470. The Hall–Kier alpha value is -2.50. The average molecular weight is 262 g/mol. The number of aryl methyl sites for hydroxylation is 1. The van der Waals surface area contributed by atoms with E-state index in [9.17, 15) is 9.59 Å². The van der Waals surface area contributed by atoms with Crippen LogP contribution in [-0.4, -0.2) is 33.3 Å². The van der Waals surface area contributed by atoms with Crippen LogP contribution in [0, 0.1) is 6.92 Å². The molecule has 6 heteroatoms. The second-order valence-electron chi connectivity index (χ2n) is 4.41. The molecule has 6 nitrogen and oxygen atoms in total. The zero-order valence-corrected chi connectivity index (χ0v) is 10.3. The van der Waals surface area contributed by atoms with E-state index < -0.39 is 18.1 Å². The number of carbonyl (C=O) groups is 2. The van der Waals surface area contributed by atoms with Crippen LogP contribution in [-0.2, 0) is 11.2 Å². The van der Waals surface area contributed by atoms with E-state index in [2.05, 4.69) is 4.98 Å². The molecule has 100 valence electrons. The van der Waals surface area contributed by atoms with Crippen molar-refractivity contribution in [3.63, 3.8) is 0 Å². The predicted molar refractivity (Wildman–Crippen MR) is 69.3 cm³/mol. The van der Waals surface area contributed by atoms with Gasteiger partial charge in [0.05, 0.1) is 0 Å². The molecule has 0 saturated heterocycles. The number of fused-ring (bicyclic) bond motifs is 1. The van der Waals surface area contributed by atoms with Crippen molar-refractivity contribution in [2.45, 2.75) is 19.4 Å². The number of benzene rings is 1. The molecule has 0 aliphatic heterocycles. The molecule has 0 spiro atoms. The lowest BCUT2D eigenvalue weighted by molar-refractivity contribution is -0.139. The van der Waals surface area contributed by atoms with Crippen molar-refractivity contribution in [2.75, 3.05) is 0 Å². The van der Waals surface area contributed by atoms with Crippen molar-refractivity contribution >= 4 is 23.0 Å². The Kier molecular flexibility index (Phi) is 3.41. The van der Waals surface area contributed by atoms with Crippen LogP contribution in [0.5, 0.6) is 0 Å². The third kappa shape index (κ3) is 2.85. The Balaban J connectivity index is 2.31. The van der Waals surface area contributed by atoms with E-state index in [1.807, 2.05) is 30.4 Å². The normalized spacial score (nSPS) is 12.3. The molecule has 19 heavy (non-hydrogen) atoms. The molecule has 0 bridgehead atoms. The van der Waals surface area contributed by atoms with Gasteiger partial charge >= 0.3 is 12.1 Å². The number of aliphatic carboxylic acids is 1. The molecule has 0 saturated carbocycles. The molecule has 0 radical (unpaired) electrons. The molecular formula is C13H14N2O4. The summed E-state index contributed by atoms with van der Waals surface area (Å²) in [5, 5.41) is 20.6. The molecular weight excluding hydrogens is 248 g/mol. The Labute approximate surface area is 109 Å². The smallest absolute Gasteiger partial charge is 0.405 e. The summed E-state index contributed by atoms with van der Waals surface area (Å²) >= 11 is 0. The van der Waals surface area contributed by atoms with Crippen molar-refractivity contribution in [1.82, 2.24) is 10.3 Å². The van der Waals surface area contributed by atoms with E-state index in [4.69, 9.17) is 10.2 Å².